The molecule has 1 aromatic carbocycles. The Bertz CT molecular complexity index is 690. The van der Waals surface area contributed by atoms with Gasteiger partial charge < -0.3 is 0 Å². The van der Waals surface area contributed by atoms with Gasteiger partial charge in [-0.05, 0) is 24.4 Å². The number of halogens is 2. The van der Waals surface area contributed by atoms with E-state index in [1.54, 1.807) is 0 Å². The van der Waals surface area contributed by atoms with Crippen molar-refractivity contribution in [1.29, 1.82) is 0 Å². The van der Waals surface area contributed by atoms with Crippen LogP contribution < -0.4 is 0 Å². The third kappa shape index (κ3) is 2.82. The van der Waals surface area contributed by atoms with Crippen LogP contribution in [0.15, 0.2) is 23.3 Å². The van der Waals surface area contributed by atoms with Crippen molar-refractivity contribution in [2.24, 2.45) is 5.10 Å². The molecule has 1 N–H and O–H groups in total. The number of hydrogen-bond donors (Lipinski definition) is 1. The number of benzene rings is 1. The van der Waals surface area contributed by atoms with E-state index in [9.17, 15) is 8.78 Å². The number of H-pyrrole nitrogens is 1. The minimum atomic E-state index is -0.680. The molecule has 0 spiro atoms. The van der Waals surface area contributed by atoms with Crippen LogP contribution in [0.25, 0.3) is 0 Å². The van der Waals surface area contributed by atoms with E-state index >= 15 is 0 Å². The van der Waals surface area contributed by atoms with Crippen molar-refractivity contribution in [3.63, 3.8) is 0 Å². The molecule has 2 aromatic rings. The first-order valence-electron chi connectivity index (χ1n) is 5.97. The maximum Gasteiger partial charge on any atom is 0.216 e. The predicted molar refractivity (Wildman–Crippen MR) is 75.5 cm³/mol. The monoisotopic (exact) mass is 296 g/mol. The van der Waals surface area contributed by atoms with Gasteiger partial charge in [-0.2, -0.15) is 14.9 Å². The number of hydrogen-bond acceptors (Lipinski definition) is 3. The lowest BCUT2D eigenvalue weighted by Crippen LogP contribution is -2.17. The maximum absolute atomic E-state index is 13.5. The van der Waals surface area contributed by atoms with E-state index in [1.165, 1.54) is 22.9 Å². The number of nitrogens with zero attached hydrogens (tertiary/aromatic N) is 3. The fourth-order valence-corrected chi connectivity index (χ4v) is 1.81. The van der Waals surface area contributed by atoms with Gasteiger partial charge in [0, 0.05) is 5.41 Å². The van der Waals surface area contributed by atoms with Gasteiger partial charge in [0.05, 0.1) is 11.8 Å². The number of aromatic nitrogens is 3. The van der Waals surface area contributed by atoms with Gasteiger partial charge in [-0.3, -0.25) is 5.10 Å². The van der Waals surface area contributed by atoms with Crippen LogP contribution in [0.2, 0.25) is 0 Å². The highest BCUT2D eigenvalue weighted by atomic mass is 32.1. The van der Waals surface area contributed by atoms with Crippen LogP contribution in [0.4, 0.5) is 8.78 Å². The molecule has 0 atom stereocenters. The van der Waals surface area contributed by atoms with Crippen molar-refractivity contribution in [1.82, 2.24) is 14.9 Å². The molecule has 7 heteroatoms. The van der Waals surface area contributed by atoms with Gasteiger partial charge >= 0.3 is 0 Å². The molecule has 20 heavy (non-hydrogen) atoms. The van der Waals surface area contributed by atoms with Crippen LogP contribution in [-0.4, -0.2) is 21.1 Å². The highest BCUT2D eigenvalue weighted by Crippen LogP contribution is 2.20. The Kier molecular flexibility index (Phi) is 3.80. The molecular weight excluding hydrogens is 282 g/mol. The minimum Gasteiger partial charge on any atom is -0.250 e. The molecule has 0 amide bonds. The highest BCUT2D eigenvalue weighted by molar-refractivity contribution is 7.71. The second-order valence-corrected chi connectivity index (χ2v) is 5.68. The second-order valence-electron chi connectivity index (χ2n) is 5.29. The average Bonchev–Trinajstić information content (AvgIpc) is 2.70. The Labute approximate surface area is 120 Å². The van der Waals surface area contributed by atoms with Crippen molar-refractivity contribution < 1.29 is 8.78 Å². The second kappa shape index (κ2) is 5.24. The summed E-state index contributed by atoms with van der Waals surface area (Å²) in [7, 11) is 0. The van der Waals surface area contributed by atoms with E-state index in [0.29, 0.717) is 5.82 Å². The number of rotatable bonds is 2. The fraction of sp³-hybridized carbons (Fsp3) is 0.308. The molecule has 0 saturated carbocycles. The molecule has 0 aliphatic heterocycles. The Balaban J connectivity index is 2.48. The molecule has 0 fully saturated rings. The van der Waals surface area contributed by atoms with E-state index in [1.807, 2.05) is 20.8 Å². The first kappa shape index (κ1) is 14.5. The van der Waals surface area contributed by atoms with Gasteiger partial charge in [0.25, 0.3) is 0 Å². The van der Waals surface area contributed by atoms with E-state index in [0.717, 1.165) is 6.21 Å². The smallest absolute Gasteiger partial charge is 0.216 e. The third-order valence-corrected chi connectivity index (χ3v) is 2.89. The third-order valence-electron chi connectivity index (χ3n) is 2.62. The van der Waals surface area contributed by atoms with Crippen LogP contribution in [0, 0.1) is 16.4 Å². The molecule has 0 aliphatic carbocycles. The molecule has 0 aliphatic rings. The van der Waals surface area contributed by atoms with Crippen LogP contribution in [0.1, 0.15) is 32.2 Å². The first-order valence-corrected chi connectivity index (χ1v) is 6.38. The Morgan fingerprint density at radius 1 is 1.30 bits per heavy atom. The molecule has 0 radical (unpaired) electrons. The largest absolute Gasteiger partial charge is 0.250 e. The zero-order chi connectivity index (χ0) is 14.9. The van der Waals surface area contributed by atoms with Gasteiger partial charge in [0.2, 0.25) is 4.77 Å². The number of nitrogens with one attached hydrogen (secondary N) is 1. The lowest BCUT2D eigenvalue weighted by molar-refractivity contribution is 0.516. The summed E-state index contributed by atoms with van der Waals surface area (Å²) < 4.78 is 28.7. The molecule has 4 nitrogen and oxygen atoms in total. The van der Waals surface area contributed by atoms with Gasteiger partial charge in [-0.1, -0.05) is 26.8 Å². The summed E-state index contributed by atoms with van der Waals surface area (Å²) in [6, 6.07) is 3.64. The molecule has 106 valence electrons. The van der Waals surface area contributed by atoms with E-state index in [4.69, 9.17) is 12.2 Å². The molecule has 0 saturated heterocycles. The fourth-order valence-electron chi connectivity index (χ4n) is 1.63. The SMILES string of the molecule is CC(C)(C)c1n[nH]c(=S)n1/N=C\c1c(F)cccc1F. The normalized spacial score (nSPS) is 12.2. The van der Waals surface area contributed by atoms with E-state index < -0.39 is 11.6 Å². The Hall–Kier alpha value is -1.89. The van der Waals surface area contributed by atoms with E-state index in [2.05, 4.69) is 15.3 Å². The van der Waals surface area contributed by atoms with Crippen molar-refractivity contribution in [2.75, 3.05) is 0 Å². The van der Waals surface area contributed by atoms with Crippen molar-refractivity contribution in [2.45, 2.75) is 26.2 Å². The molecule has 1 aromatic heterocycles. The van der Waals surface area contributed by atoms with Gasteiger partial charge in [0.15, 0.2) is 5.82 Å². The van der Waals surface area contributed by atoms with Crippen LogP contribution in [0.3, 0.4) is 0 Å². The lowest BCUT2D eigenvalue weighted by Gasteiger charge is -2.15. The Morgan fingerprint density at radius 3 is 2.45 bits per heavy atom. The average molecular weight is 296 g/mol. The molecule has 0 unspecified atom stereocenters. The molecular formula is C13H14F2N4S. The molecule has 0 bridgehead atoms. The van der Waals surface area contributed by atoms with Crippen LogP contribution in [-0.2, 0) is 5.41 Å². The summed E-state index contributed by atoms with van der Waals surface area (Å²) in [5.74, 6) is -0.780. The van der Waals surface area contributed by atoms with Crippen LogP contribution >= 0.6 is 12.2 Å². The quantitative estimate of drug-likeness (QED) is 0.682. The lowest BCUT2D eigenvalue weighted by atomic mass is 9.96. The van der Waals surface area contributed by atoms with Crippen molar-refractivity contribution >= 4 is 18.4 Å². The zero-order valence-electron chi connectivity index (χ0n) is 11.3. The van der Waals surface area contributed by atoms with Crippen molar-refractivity contribution in [3.05, 3.63) is 46.0 Å². The molecule has 2 rings (SSSR count). The van der Waals surface area contributed by atoms with Crippen LogP contribution in [0.5, 0.6) is 0 Å². The summed E-state index contributed by atoms with van der Waals surface area (Å²) >= 11 is 5.07. The zero-order valence-corrected chi connectivity index (χ0v) is 12.1. The highest BCUT2D eigenvalue weighted by Gasteiger charge is 2.21. The van der Waals surface area contributed by atoms with Gasteiger partial charge in [-0.15, -0.1) is 0 Å². The predicted octanol–water partition coefficient (Wildman–Crippen LogP) is 3.40. The summed E-state index contributed by atoms with van der Waals surface area (Å²) in [4.78, 5) is 0. The first-order chi connectivity index (χ1) is 9.30. The Morgan fingerprint density at radius 2 is 1.90 bits per heavy atom. The summed E-state index contributed by atoms with van der Waals surface area (Å²) in [5, 5.41) is 10.8. The minimum absolute atomic E-state index is 0.213. The maximum atomic E-state index is 13.5. The van der Waals surface area contributed by atoms with Gasteiger partial charge in [0.1, 0.15) is 11.6 Å². The molecule has 1 heterocycles. The summed E-state index contributed by atoms with van der Waals surface area (Å²) in [6.45, 7) is 5.81. The summed E-state index contributed by atoms with van der Waals surface area (Å²) in [6.07, 6.45) is 1.10. The summed E-state index contributed by atoms with van der Waals surface area (Å²) in [5.41, 5.74) is -0.519. The van der Waals surface area contributed by atoms with Crippen molar-refractivity contribution in [3.8, 4) is 0 Å². The van der Waals surface area contributed by atoms with Gasteiger partial charge in [-0.25, -0.2) is 8.78 Å². The number of aromatic amines is 1. The van der Waals surface area contributed by atoms with E-state index in [-0.39, 0.29) is 15.7 Å². The topological polar surface area (TPSA) is 46.0 Å². The standard InChI is InChI=1S/C13H14F2N4S/c1-13(2,3)11-17-18-12(20)19(11)16-7-8-9(14)5-4-6-10(8)15/h4-7H,1-3H3,(H,18,20)/b16-7-.